The molecule has 0 unspecified atom stereocenters. The van der Waals surface area contributed by atoms with Crippen LogP contribution in [0.2, 0.25) is 0 Å². The lowest BCUT2D eigenvalue weighted by Gasteiger charge is -2.27. The van der Waals surface area contributed by atoms with Gasteiger partial charge in [-0.15, -0.1) is 11.3 Å². The number of H-pyrrole nitrogens is 1. The van der Waals surface area contributed by atoms with Crippen LogP contribution in [-0.2, 0) is 5.41 Å². The van der Waals surface area contributed by atoms with Crippen molar-refractivity contribution in [3.63, 3.8) is 0 Å². The first kappa shape index (κ1) is 19.4. The molecule has 1 aromatic carbocycles. The number of aromatic nitrogens is 1. The number of piperidine rings is 1. The predicted octanol–water partition coefficient (Wildman–Crippen LogP) is 4.06. The minimum atomic E-state index is -0.173. The summed E-state index contributed by atoms with van der Waals surface area (Å²) in [6, 6.07) is 5.59. The number of thiophene rings is 1. The van der Waals surface area contributed by atoms with E-state index in [1.165, 1.54) is 0 Å². The Labute approximate surface area is 188 Å². The quantitative estimate of drug-likeness (QED) is 0.648. The standard InChI is InChI=1S/C24H22N2O5S/c1-11-5-14-16(27)8-18-24(22(14)32-11)9-13(24)10-26(18)23(28)15-6-12-7-17(29-2)20(30-3)21(31-4)19(12)25-15/h5-8,13,25H,9-10H2,1-4H3/t13-,24+/m0/s1. The topological polar surface area (TPSA) is 80.9 Å². The van der Waals surface area contributed by atoms with Crippen molar-refractivity contribution in [1.29, 1.82) is 0 Å². The molecule has 1 N–H and O–H groups in total. The van der Waals surface area contributed by atoms with Crippen LogP contribution in [0.1, 0.15) is 37.0 Å². The van der Waals surface area contributed by atoms with E-state index >= 15 is 0 Å². The van der Waals surface area contributed by atoms with Gasteiger partial charge in [-0.2, -0.15) is 0 Å². The molecule has 7 nitrogen and oxygen atoms in total. The van der Waals surface area contributed by atoms with Crippen molar-refractivity contribution < 1.29 is 23.8 Å². The molecule has 1 spiro atoms. The Bertz CT molecular complexity index is 1370. The molecule has 8 heteroatoms. The van der Waals surface area contributed by atoms with E-state index in [1.54, 1.807) is 49.7 Å². The number of aromatic amines is 1. The highest BCUT2D eigenvalue weighted by Gasteiger charge is 2.68. The van der Waals surface area contributed by atoms with Crippen LogP contribution in [0.3, 0.4) is 0 Å². The predicted molar refractivity (Wildman–Crippen MR) is 120 cm³/mol. The third-order valence-corrected chi connectivity index (χ3v) is 8.17. The largest absolute Gasteiger partial charge is 0.493 e. The normalized spacial score (nSPS) is 22.9. The maximum Gasteiger partial charge on any atom is 0.274 e. The number of allylic oxidation sites excluding steroid dienone is 2. The number of likely N-dealkylation sites (tertiary alicyclic amines) is 1. The number of amides is 1. The van der Waals surface area contributed by atoms with Gasteiger partial charge in [0.15, 0.2) is 17.3 Å². The van der Waals surface area contributed by atoms with Gasteiger partial charge >= 0.3 is 0 Å². The molecule has 2 atom stereocenters. The Balaban J connectivity index is 1.42. The van der Waals surface area contributed by atoms with Gasteiger partial charge in [-0.05, 0) is 37.5 Å². The molecule has 0 bridgehead atoms. The number of aryl methyl sites for hydroxylation is 1. The van der Waals surface area contributed by atoms with Crippen LogP contribution in [-0.4, -0.2) is 49.4 Å². The van der Waals surface area contributed by atoms with Gasteiger partial charge in [0.25, 0.3) is 5.91 Å². The number of benzene rings is 1. The Kier molecular flexibility index (Phi) is 3.88. The Morgan fingerprint density at radius 1 is 1.16 bits per heavy atom. The molecule has 1 saturated heterocycles. The van der Waals surface area contributed by atoms with Crippen LogP contribution < -0.4 is 14.2 Å². The van der Waals surface area contributed by atoms with E-state index in [1.807, 2.05) is 19.1 Å². The minimum absolute atomic E-state index is 0.0110. The van der Waals surface area contributed by atoms with E-state index in [4.69, 9.17) is 14.2 Å². The van der Waals surface area contributed by atoms with Gasteiger partial charge in [-0.25, -0.2) is 0 Å². The first-order valence-corrected chi connectivity index (χ1v) is 11.3. The van der Waals surface area contributed by atoms with Gasteiger partial charge < -0.3 is 24.1 Å². The van der Waals surface area contributed by atoms with Crippen molar-refractivity contribution in [2.24, 2.45) is 5.92 Å². The molecule has 0 radical (unpaired) electrons. The van der Waals surface area contributed by atoms with E-state index in [-0.39, 0.29) is 17.1 Å². The van der Waals surface area contributed by atoms with Crippen LogP contribution in [0.5, 0.6) is 17.2 Å². The maximum atomic E-state index is 13.6. The van der Waals surface area contributed by atoms with Crippen LogP contribution in [0.4, 0.5) is 0 Å². The fourth-order valence-electron chi connectivity index (χ4n) is 5.45. The zero-order valence-electron chi connectivity index (χ0n) is 18.2. The Morgan fingerprint density at radius 3 is 2.66 bits per heavy atom. The number of carbonyl (C=O) groups excluding carboxylic acids is 2. The third-order valence-electron chi connectivity index (χ3n) is 6.95. The zero-order valence-corrected chi connectivity index (χ0v) is 19.0. The minimum Gasteiger partial charge on any atom is -0.493 e. The number of fused-ring (bicyclic) bond motifs is 2. The number of nitrogens with one attached hydrogen (secondary N) is 1. The van der Waals surface area contributed by atoms with Gasteiger partial charge in [-0.3, -0.25) is 9.59 Å². The van der Waals surface area contributed by atoms with Crippen molar-refractivity contribution in [2.45, 2.75) is 18.8 Å². The zero-order chi connectivity index (χ0) is 22.4. The molecule has 2 aromatic heterocycles. The molecule has 3 heterocycles. The first-order valence-electron chi connectivity index (χ1n) is 10.4. The van der Waals surface area contributed by atoms with Crippen molar-refractivity contribution in [1.82, 2.24) is 9.88 Å². The number of ether oxygens (including phenoxy) is 3. The summed E-state index contributed by atoms with van der Waals surface area (Å²) >= 11 is 1.69. The number of carbonyl (C=O) groups is 2. The van der Waals surface area contributed by atoms with Crippen LogP contribution in [0.15, 0.2) is 30.0 Å². The lowest BCUT2D eigenvalue weighted by molar-refractivity contribution is 0.0806. The molecular weight excluding hydrogens is 428 g/mol. The van der Waals surface area contributed by atoms with Crippen molar-refractivity contribution in [2.75, 3.05) is 27.9 Å². The number of nitrogens with zero attached hydrogens (tertiary/aromatic N) is 1. The summed E-state index contributed by atoms with van der Waals surface area (Å²) in [6.45, 7) is 2.65. The first-order chi connectivity index (χ1) is 15.4. The lowest BCUT2D eigenvalue weighted by atomic mass is 9.88. The molecule has 1 amide bonds. The summed E-state index contributed by atoms with van der Waals surface area (Å²) in [5.41, 5.74) is 2.58. The fourth-order valence-corrected chi connectivity index (χ4v) is 6.76. The summed E-state index contributed by atoms with van der Waals surface area (Å²) in [6.07, 6.45) is 2.67. The van der Waals surface area contributed by atoms with Gasteiger partial charge in [0.2, 0.25) is 5.75 Å². The average Bonchev–Trinajstić information content (AvgIpc) is 3.09. The van der Waals surface area contributed by atoms with Crippen molar-refractivity contribution in [3.8, 4) is 17.2 Å². The van der Waals surface area contributed by atoms with Crippen molar-refractivity contribution in [3.05, 3.63) is 51.0 Å². The molecule has 164 valence electrons. The second kappa shape index (κ2) is 6.38. The Morgan fingerprint density at radius 2 is 1.94 bits per heavy atom. The van der Waals surface area contributed by atoms with Gasteiger partial charge in [0, 0.05) is 39.0 Å². The second-order valence-electron chi connectivity index (χ2n) is 8.57. The number of ketones is 1. The Hall–Kier alpha value is -3.26. The summed E-state index contributed by atoms with van der Waals surface area (Å²) in [7, 11) is 4.66. The number of methoxy groups -OCH3 is 3. The summed E-state index contributed by atoms with van der Waals surface area (Å²) in [5, 5.41) is 0.784. The van der Waals surface area contributed by atoms with Gasteiger partial charge in [-0.1, -0.05) is 0 Å². The SMILES string of the molecule is COc1cc2cc(C(=O)N3C[C@@H]4C[C@]45C3=CC(=O)c3cc(C)sc35)[nH]c2c(OC)c1OC. The van der Waals surface area contributed by atoms with E-state index in [9.17, 15) is 9.59 Å². The summed E-state index contributed by atoms with van der Waals surface area (Å²) in [5.74, 6) is 1.67. The molecule has 2 fully saturated rings. The summed E-state index contributed by atoms with van der Waals surface area (Å²) < 4.78 is 16.5. The van der Waals surface area contributed by atoms with Crippen LogP contribution in [0, 0.1) is 12.8 Å². The molecule has 3 aromatic rings. The molecule has 32 heavy (non-hydrogen) atoms. The van der Waals surface area contributed by atoms with E-state index in [0.717, 1.165) is 32.8 Å². The third kappa shape index (κ3) is 2.30. The second-order valence-corrected chi connectivity index (χ2v) is 9.83. The highest BCUT2D eigenvalue weighted by Crippen LogP contribution is 2.68. The fraction of sp³-hybridized carbons (Fsp3) is 0.333. The highest BCUT2D eigenvalue weighted by molar-refractivity contribution is 7.12. The molecule has 1 saturated carbocycles. The monoisotopic (exact) mass is 450 g/mol. The van der Waals surface area contributed by atoms with E-state index < -0.39 is 0 Å². The van der Waals surface area contributed by atoms with Gasteiger partial charge in [0.1, 0.15) is 5.69 Å². The van der Waals surface area contributed by atoms with E-state index in [2.05, 4.69) is 4.98 Å². The number of rotatable bonds is 4. The van der Waals surface area contributed by atoms with Crippen LogP contribution >= 0.6 is 11.3 Å². The maximum absolute atomic E-state index is 13.6. The average molecular weight is 451 g/mol. The molecule has 3 aliphatic rings. The molecule has 1 aliphatic heterocycles. The number of hydrogen-bond acceptors (Lipinski definition) is 6. The molecule has 2 aliphatic carbocycles. The number of hydrogen-bond donors (Lipinski definition) is 1. The molecule has 6 rings (SSSR count). The van der Waals surface area contributed by atoms with Gasteiger partial charge in [0.05, 0.1) is 32.3 Å². The lowest BCUT2D eigenvalue weighted by Crippen LogP contribution is -2.33. The smallest absolute Gasteiger partial charge is 0.274 e. The molecular formula is C24H22N2O5S. The highest BCUT2D eigenvalue weighted by atomic mass is 32.1. The summed E-state index contributed by atoms with van der Waals surface area (Å²) in [4.78, 5) is 33.7. The van der Waals surface area contributed by atoms with Crippen molar-refractivity contribution >= 4 is 33.9 Å². The van der Waals surface area contributed by atoms with Crippen LogP contribution in [0.25, 0.3) is 10.9 Å². The van der Waals surface area contributed by atoms with E-state index in [0.29, 0.717) is 40.9 Å².